The van der Waals surface area contributed by atoms with Gasteiger partial charge in [-0.15, -0.1) is 0 Å². The Kier molecular flexibility index (Phi) is 4.65. The fraction of sp³-hybridized carbons (Fsp3) is 0.417. The molecule has 0 unspecified atom stereocenters. The highest BCUT2D eigenvalue weighted by atomic mass is 32.2. The van der Waals surface area contributed by atoms with Gasteiger partial charge < -0.3 is 5.11 Å². The van der Waals surface area contributed by atoms with Crippen molar-refractivity contribution in [1.82, 2.24) is 4.31 Å². The minimum Gasteiger partial charge on any atom is -0.481 e. The maximum atomic E-state index is 13.5. The van der Waals surface area contributed by atoms with E-state index in [9.17, 15) is 17.6 Å². The second-order valence-electron chi connectivity index (χ2n) is 4.34. The summed E-state index contributed by atoms with van der Waals surface area (Å²) in [7, 11) is -2.50. The van der Waals surface area contributed by atoms with Crippen molar-refractivity contribution in [3.8, 4) is 0 Å². The molecule has 0 spiro atoms. The molecule has 0 saturated carbocycles. The lowest BCUT2D eigenvalue weighted by atomic mass is 10.1. The quantitative estimate of drug-likeness (QED) is 0.892. The summed E-state index contributed by atoms with van der Waals surface area (Å²) in [5.41, 5.74) is 0.482. The highest BCUT2D eigenvalue weighted by Crippen LogP contribution is 2.21. The van der Waals surface area contributed by atoms with E-state index in [-0.39, 0.29) is 29.0 Å². The second-order valence-corrected chi connectivity index (χ2v) is 6.39. The van der Waals surface area contributed by atoms with Gasteiger partial charge in [0.15, 0.2) is 0 Å². The normalized spacial score (nSPS) is 11.8. The Labute approximate surface area is 111 Å². The highest BCUT2D eigenvalue weighted by molar-refractivity contribution is 7.89. The first-order valence-corrected chi connectivity index (χ1v) is 7.05. The molecule has 0 fully saturated rings. The van der Waals surface area contributed by atoms with Gasteiger partial charge in [0.2, 0.25) is 10.0 Å². The number of carboxylic acids is 1. The molecule has 5 nitrogen and oxygen atoms in total. The van der Waals surface area contributed by atoms with Gasteiger partial charge in [0.05, 0.1) is 11.3 Å². The number of aliphatic carboxylic acids is 1. The van der Waals surface area contributed by atoms with Crippen LogP contribution in [0.1, 0.15) is 17.5 Å². The molecule has 0 amide bonds. The van der Waals surface area contributed by atoms with Crippen molar-refractivity contribution in [3.63, 3.8) is 0 Å². The van der Waals surface area contributed by atoms with Gasteiger partial charge in [0, 0.05) is 13.6 Å². The van der Waals surface area contributed by atoms with E-state index < -0.39 is 21.8 Å². The van der Waals surface area contributed by atoms with E-state index in [2.05, 4.69) is 0 Å². The maximum absolute atomic E-state index is 13.5. The largest absolute Gasteiger partial charge is 0.481 e. The number of carbonyl (C=O) groups is 1. The topological polar surface area (TPSA) is 74.7 Å². The summed E-state index contributed by atoms with van der Waals surface area (Å²) < 4.78 is 38.8. The van der Waals surface area contributed by atoms with Crippen molar-refractivity contribution in [3.05, 3.63) is 29.1 Å². The fourth-order valence-corrected chi connectivity index (χ4v) is 2.95. The van der Waals surface area contributed by atoms with E-state index in [1.165, 1.54) is 33.0 Å². The lowest BCUT2D eigenvalue weighted by Crippen LogP contribution is -2.29. The maximum Gasteiger partial charge on any atom is 0.304 e. The zero-order valence-electron chi connectivity index (χ0n) is 11.0. The summed E-state index contributed by atoms with van der Waals surface area (Å²) in [5.74, 6) is -1.51. The summed E-state index contributed by atoms with van der Waals surface area (Å²) in [5, 5.41) is 8.55. The number of rotatable bonds is 5. The Morgan fingerprint density at radius 3 is 2.21 bits per heavy atom. The van der Waals surface area contributed by atoms with E-state index in [0.29, 0.717) is 0 Å². The smallest absolute Gasteiger partial charge is 0.304 e. The van der Waals surface area contributed by atoms with Gasteiger partial charge in [-0.05, 0) is 37.1 Å². The van der Waals surface area contributed by atoms with Gasteiger partial charge in [0.25, 0.3) is 0 Å². The minimum atomic E-state index is -3.79. The molecule has 19 heavy (non-hydrogen) atoms. The van der Waals surface area contributed by atoms with Crippen LogP contribution in [0, 0.1) is 19.7 Å². The molecule has 0 radical (unpaired) electrons. The van der Waals surface area contributed by atoms with E-state index >= 15 is 0 Å². The van der Waals surface area contributed by atoms with Crippen molar-refractivity contribution in [2.24, 2.45) is 0 Å². The Balaban J connectivity index is 3.10. The number of carboxylic acid groups (broad SMARTS) is 1. The number of hydrogen-bond donors (Lipinski definition) is 1. The van der Waals surface area contributed by atoms with Crippen LogP contribution in [-0.4, -0.2) is 37.4 Å². The first-order valence-electron chi connectivity index (χ1n) is 5.61. The van der Waals surface area contributed by atoms with Gasteiger partial charge >= 0.3 is 5.97 Å². The lowest BCUT2D eigenvalue weighted by Gasteiger charge is -2.17. The van der Waals surface area contributed by atoms with Crippen LogP contribution in [0.4, 0.5) is 4.39 Å². The second kappa shape index (κ2) is 5.66. The third-order valence-electron chi connectivity index (χ3n) is 2.76. The van der Waals surface area contributed by atoms with Crippen LogP contribution in [0.2, 0.25) is 0 Å². The average molecular weight is 289 g/mol. The Morgan fingerprint density at radius 1 is 1.32 bits per heavy atom. The van der Waals surface area contributed by atoms with Crippen LogP contribution < -0.4 is 0 Å². The third kappa shape index (κ3) is 3.51. The minimum absolute atomic E-state index is 0.0308. The molecule has 0 heterocycles. The number of hydrogen-bond acceptors (Lipinski definition) is 3. The van der Waals surface area contributed by atoms with Gasteiger partial charge in [-0.3, -0.25) is 4.79 Å². The predicted octanol–water partition coefficient (Wildman–Crippen LogP) is 1.54. The summed E-state index contributed by atoms with van der Waals surface area (Å²) >= 11 is 0. The van der Waals surface area contributed by atoms with Crippen LogP contribution >= 0.6 is 0 Å². The Bertz CT molecular complexity index is 575. The molecule has 106 valence electrons. The Morgan fingerprint density at radius 2 is 1.79 bits per heavy atom. The molecular formula is C12H16FNO4S. The lowest BCUT2D eigenvalue weighted by molar-refractivity contribution is -0.137. The summed E-state index contributed by atoms with van der Waals surface area (Å²) in [4.78, 5) is 10.4. The standard InChI is InChI=1S/C12H16FNO4S/c1-8-6-10(7-9(2)12(8)13)19(17,18)14(3)5-4-11(15)16/h6-7H,4-5H2,1-3H3,(H,15,16). The van der Waals surface area contributed by atoms with Crippen LogP contribution in [0.3, 0.4) is 0 Å². The number of nitrogens with zero attached hydrogens (tertiary/aromatic N) is 1. The van der Waals surface area contributed by atoms with Gasteiger partial charge in [-0.1, -0.05) is 0 Å². The molecule has 1 aromatic rings. The number of halogens is 1. The molecular weight excluding hydrogens is 273 g/mol. The molecule has 0 aliphatic heterocycles. The van der Waals surface area contributed by atoms with Crippen molar-refractivity contribution in [2.45, 2.75) is 25.2 Å². The van der Waals surface area contributed by atoms with E-state index in [4.69, 9.17) is 5.11 Å². The SMILES string of the molecule is Cc1cc(S(=O)(=O)N(C)CCC(=O)O)cc(C)c1F. The molecule has 0 aliphatic carbocycles. The average Bonchev–Trinajstić information content (AvgIpc) is 2.31. The van der Waals surface area contributed by atoms with Gasteiger partial charge in [-0.2, -0.15) is 0 Å². The molecule has 1 aromatic carbocycles. The summed E-state index contributed by atoms with van der Waals surface area (Å²) in [6.45, 7) is 2.84. The van der Waals surface area contributed by atoms with Crippen molar-refractivity contribution < 1.29 is 22.7 Å². The van der Waals surface area contributed by atoms with Gasteiger partial charge in [0.1, 0.15) is 5.82 Å². The first kappa shape index (κ1) is 15.6. The van der Waals surface area contributed by atoms with E-state index in [1.54, 1.807) is 0 Å². The highest BCUT2D eigenvalue weighted by Gasteiger charge is 2.22. The van der Waals surface area contributed by atoms with Crippen molar-refractivity contribution in [1.29, 1.82) is 0 Å². The van der Waals surface area contributed by atoms with Crippen LogP contribution in [0.5, 0.6) is 0 Å². The van der Waals surface area contributed by atoms with Crippen molar-refractivity contribution in [2.75, 3.05) is 13.6 Å². The molecule has 0 atom stereocenters. The molecule has 1 N–H and O–H groups in total. The Hall–Kier alpha value is -1.47. The summed E-state index contributed by atoms with van der Waals surface area (Å²) in [6.07, 6.45) is -0.283. The van der Waals surface area contributed by atoms with Crippen LogP contribution in [0.25, 0.3) is 0 Å². The fourth-order valence-electron chi connectivity index (χ4n) is 1.61. The van der Waals surface area contributed by atoms with Crippen LogP contribution in [-0.2, 0) is 14.8 Å². The molecule has 0 saturated heterocycles. The number of sulfonamides is 1. The first-order chi connectivity index (χ1) is 8.66. The zero-order chi connectivity index (χ0) is 14.8. The molecule has 0 aromatic heterocycles. The van der Waals surface area contributed by atoms with E-state index in [1.807, 2.05) is 0 Å². The molecule has 1 rings (SSSR count). The predicted molar refractivity (Wildman–Crippen MR) is 67.9 cm³/mol. The van der Waals surface area contributed by atoms with Crippen LogP contribution in [0.15, 0.2) is 17.0 Å². The monoisotopic (exact) mass is 289 g/mol. The van der Waals surface area contributed by atoms with Crippen molar-refractivity contribution >= 4 is 16.0 Å². The zero-order valence-corrected chi connectivity index (χ0v) is 11.8. The van der Waals surface area contributed by atoms with Gasteiger partial charge in [-0.25, -0.2) is 17.1 Å². The number of aryl methyl sites for hydroxylation is 2. The van der Waals surface area contributed by atoms with E-state index in [0.717, 1.165) is 4.31 Å². The summed E-state index contributed by atoms with van der Waals surface area (Å²) in [6, 6.07) is 2.49. The molecule has 7 heteroatoms. The third-order valence-corrected chi connectivity index (χ3v) is 4.59. The molecule has 0 bridgehead atoms. The molecule has 0 aliphatic rings. The number of benzene rings is 1.